The summed E-state index contributed by atoms with van der Waals surface area (Å²) in [6.07, 6.45) is 4.75. The molecular formula is C23H20F2N4O2. The number of pyridine rings is 2. The number of nitrogens with one attached hydrogen (secondary N) is 2. The molecule has 2 heterocycles. The van der Waals surface area contributed by atoms with Crippen LogP contribution in [-0.4, -0.2) is 34.4 Å². The molecule has 31 heavy (non-hydrogen) atoms. The van der Waals surface area contributed by atoms with Crippen molar-refractivity contribution < 1.29 is 18.4 Å². The predicted molar refractivity (Wildman–Crippen MR) is 109 cm³/mol. The van der Waals surface area contributed by atoms with Crippen LogP contribution in [0.4, 0.5) is 8.78 Å². The Balaban J connectivity index is 1.45. The van der Waals surface area contributed by atoms with Crippen molar-refractivity contribution >= 4 is 11.8 Å². The van der Waals surface area contributed by atoms with Crippen LogP contribution in [-0.2, 0) is 5.41 Å². The Hall–Kier alpha value is -3.68. The van der Waals surface area contributed by atoms with Gasteiger partial charge in [0.05, 0.1) is 11.8 Å². The maximum atomic E-state index is 13.8. The van der Waals surface area contributed by atoms with Gasteiger partial charge in [-0.3, -0.25) is 14.6 Å². The van der Waals surface area contributed by atoms with E-state index in [0.29, 0.717) is 19.4 Å². The van der Waals surface area contributed by atoms with Gasteiger partial charge in [0.15, 0.2) is 5.82 Å². The average Bonchev–Trinajstić information content (AvgIpc) is 2.75. The van der Waals surface area contributed by atoms with Gasteiger partial charge in [0.1, 0.15) is 0 Å². The van der Waals surface area contributed by atoms with Crippen molar-refractivity contribution in [1.29, 1.82) is 0 Å². The van der Waals surface area contributed by atoms with Crippen molar-refractivity contribution in [2.45, 2.75) is 24.3 Å². The van der Waals surface area contributed by atoms with Gasteiger partial charge in [-0.15, -0.1) is 0 Å². The topological polar surface area (TPSA) is 84.0 Å². The summed E-state index contributed by atoms with van der Waals surface area (Å²) in [5, 5.41) is 5.72. The third-order valence-electron chi connectivity index (χ3n) is 5.59. The van der Waals surface area contributed by atoms with Gasteiger partial charge >= 0.3 is 0 Å². The molecule has 6 nitrogen and oxygen atoms in total. The normalized spacial score (nSPS) is 19.9. The first-order chi connectivity index (χ1) is 15.0. The molecule has 1 aromatic carbocycles. The summed E-state index contributed by atoms with van der Waals surface area (Å²) in [4.78, 5) is 32.0. The van der Waals surface area contributed by atoms with Crippen molar-refractivity contribution in [1.82, 2.24) is 20.6 Å². The third-order valence-corrected chi connectivity index (χ3v) is 5.59. The summed E-state index contributed by atoms with van der Waals surface area (Å²) in [5.41, 5.74) is 0.766. The molecule has 1 fully saturated rings. The molecule has 1 saturated carbocycles. The second-order valence-electron chi connectivity index (χ2n) is 7.63. The standard InChI is InChI=1S/C23H20F2N4O2/c24-19-13-26-8-7-18(19)22(31)29-17-11-23(12-17,16-4-2-1-3-5-16)14-28-21(30)15-6-9-27-20(25)10-15/h1-10,13,17H,11-12,14H2,(H,28,30)(H,29,31). The zero-order valence-corrected chi connectivity index (χ0v) is 16.5. The Morgan fingerprint density at radius 2 is 1.81 bits per heavy atom. The van der Waals surface area contributed by atoms with Crippen LogP contribution in [0.1, 0.15) is 39.1 Å². The number of halogens is 2. The number of carbonyl (C=O) groups is 2. The summed E-state index contributed by atoms with van der Waals surface area (Å²) in [6.45, 7) is 0.315. The zero-order valence-electron chi connectivity index (χ0n) is 16.5. The van der Waals surface area contributed by atoms with E-state index >= 15 is 0 Å². The molecule has 1 aliphatic rings. The van der Waals surface area contributed by atoms with Crippen molar-refractivity contribution in [3.63, 3.8) is 0 Å². The minimum Gasteiger partial charge on any atom is -0.351 e. The molecule has 0 saturated heterocycles. The van der Waals surface area contributed by atoms with E-state index in [1.165, 1.54) is 24.5 Å². The molecule has 2 amide bonds. The molecule has 8 heteroatoms. The van der Waals surface area contributed by atoms with Crippen LogP contribution in [0.2, 0.25) is 0 Å². The molecule has 0 atom stereocenters. The van der Waals surface area contributed by atoms with Crippen molar-refractivity contribution in [3.05, 3.63) is 95.6 Å². The fourth-order valence-electron chi connectivity index (χ4n) is 3.98. The molecule has 0 radical (unpaired) electrons. The van der Waals surface area contributed by atoms with Crippen LogP contribution in [0.3, 0.4) is 0 Å². The van der Waals surface area contributed by atoms with Crippen LogP contribution >= 0.6 is 0 Å². The van der Waals surface area contributed by atoms with E-state index in [4.69, 9.17) is 0 Å². The van der Waals surface area contributed by atoms with E-state index in [0.717, 1.165) is 17.8 Å². The van der Waals surface area contributed by atoms with Gasteiger partial charge in [0.25, 0.3) is 11.8 Å². The van der Waals surface area contributed by atoms with Crippen molar-refractivity contribution in [2.75, 3.05) is 6.54 Å². The Labute approximate surface area is 177 Å². The lowest BCUT2D eigenvalue weighted by Crippen LogP contribution is -2.57. The first-order valence-corrected chi connectivity index (χ1v) is 9.82. The molecule has 4 rings (SSSR count). The lowest BCUT2D eigenvalue weighted by molar-refractivity contribution is 0.0820. The van der Waals surface area contributed by atoms with E-state index in [1.54, 1.807) is 0 Å². The number of carbonyl (C=O) groups excluding carboxylic acids is 2. The van der Waals surface area contributed by atoms with E-state index in [1.807, 2.05) is 30.3 Å². The monoisotopic (exact) mass is 422 g/mol. The van der Waals surface area contributed by atoms with Gasteiger partial charge < -0.3 is 10.6 Å². The number of aromatic nitrogens is 2. The number of hydrogen-bond donors (Lipinski definition) is 2. The van der Waals surface area contributed by atoms with E-state index in [2.05, 4.69) is 20.6 Å². The van der Waals surface area contributed by atoms with Crippen LogP contribution in [0, 0.1) is 11.8 Å². The summed E-state index contributed by atoms with van der Waals surface area (Å²) < 4.78 is 27.1. The number of rotatable bonds is 6. The maximum absolute atomic E-state index is 13.8. The lowest BCUT2D eigenvalue weighted by Gasteiger charge is -2.48. The Bertz CT molecular complexity index is 1100. The summed E-state index contributed by atoms with van der Waals surface area (Å²) >= 11 is 0. The number of amides is 2. The van der Waals surface area contributed by atoms with Crippen LogP contribution in [0.25, 0.3) is 0 Å². The highest BCUT2D eigenvalue weighted by atomic mass is 19.1. The highest BCUT2D eigenvalue weighted by Crippen LogP contribution is 2.43. The minimum atomic E-state index is -0.722. The Morgan fingerprint density at radius 1 is 1.03 bits per heavy atom. The average molecular weight is 422 g/mol. The SMILES string of the molecule is O=C(NCC1(c2ccccc2)CC(NC(=O)c2ccncc2F)C1)c1ccnc(F)c1. The molecule has 0 aliphatic heterocycles. The zero-order chi connectivity index (χ0) is 21.8. The van der Waals surface area contributed by atoms with E-state index < -0.39 is 29.0 Å². The molecule has 2 N–H and O–H groups in total. The fraction of sp³-hybridized carbons (Fsp3) is 0.217. The molecule has 0 unspecified atom stereocenters. The van der Waals surface area contributed by atoms with Crippen molar-refractivity contribution in [2.24, 2.45) is 0 Å². The first kappa shape index (κ1) is 20.6. The van der Waals surface area contributed by atoms with Gasteiger partial charge in [-0.05, 0) is 30.5 Å². The van der Waals surface area contributed by atoms with Gasteiger partial charge in [-0.1, -0.05) is 30.3 Å². The van der Waals surface area contributed by atoms with Crippen LogP contribution in [0.5, 0.6) is 0 Å². The Morgan fingerprint density at radius 3 is 2.52 bits per heavy atom. The molecule has 158 valence electrons. The van der Waals surface area contributed by atoms with Crippen LogP contribution < -0.4 is 10.6 Å². The van der Waals surface area contributed by atoms with Crippen LogP contribution in [0.15, 0.2) is 67.1 Å². The lowest BCUT2D eigenvalue weighted by atomic mass is 9.61. The van der Waals surface area contributed by atoms with Gasteiger partial charge in [-0.25, -0.2) is 9.37 Å². The predicted octanol–water partition coefficient (Wildman–Crippen LogP) is 3.02. The molecule has 1 aliphatic carbocycles. The van der Waals surface area contributed by atoms with E-state index in [-0.39, 0.29) is 17.2 Å². The second-order valence-corrected chi connectivity index (χ2v) is 7.63. The van der Waals surface area contributed by atoms with Gasteiger partial charge in [-0.2, -0.15) is 4.39 Å². The Kier molecular flexibility index (Phi) is 5.70. The second kappa shape index (κ2) is 8.59. The summed E-state index contributed by atoms with van der Waals surface area (Å²) in [6, 6.07) is 13.4. The molecule has 3 aromatic rings. The molecule has 0 spiro atoms. The number of benzene rings is 1. The fourth-order valence-corrected chi connectivity index (χ4v) is 3.98. The highest BCUT2D eigenvalue weighted by Gasteiger charge is 2.46. The molecular weight excluding hydrogens is 402 g/mol. The number of hydrogen-bond acceptors (Lipinski definition) is 4. The van der Waals surface area contributed by atoms with Gasteiger partial charge in [0.2, 0.25) is 5.95 Å². The highest BCUT2D eigenvalue weighted by molar-refractivity contribution is 5.95. The third kappa shape index (κ3) is 4.42. The van der Waals surface area contributed by atoms with E-state index in [9.17, 15) is 18.4 Å². The van der Waals surface area contributed by atoms with Crippen molar-refractivity contribution in [3.8, 4) is 0 Å². The molecule has 0 bridgehead atoms. The summed E-state index contributed by atoms with van der Waals surface area (Å²) in [5.74, 6) is -2.29. The van der Waals surface area contributed by atoms with Gasteiger partial charge in [0, 0.05) is 42.0 Å². The summed E-state index contributed by atoms with van der Waals surface area (Å²) in [7, 11) is 0. The smallest absolute Gasteiger partial charge is 0.254 e. The maximum Gasteiger partial charge on any atom is 0.254 e. The molecule has 2 aromatic heterocycles. The quantitative estimate of drug-likeness (QED) is 0.598. The largest absolute Gasteiger partial charge is 0.351 e. The minimum absolute atomic E-state index is 0.0553. The number of nitrogens with zero attached hydrogens (tertiary/aromatic N) is 2. The first-order valence-electron chi connectivity index (χ1n) is 9.82.